The molecule has 0 aliphatic carbocycles. The quantitative estimate of drug-likeness (QED) is 0.0958. The van der Waals surface area contributed by atoms with Crippen molar-refractivity contribution in [3.63, 3.8) is 0 Å². The lowest BCUT2D eigenvalue weighted by atomic mass is 9.97. The summed E-state index contributed by atoms with van der Waals surface area (Å²) in [6.07, 6.45) is 4.70. The Morgan fingerprint density at radius 1 is 0.683 bits per heavy atom. The molecule has 0 saturated carbocycles. The number of benzene rings is 4. The van der Waals surface area contributed by atoms with E-state index < -0.39 is 11.6 Å². The maximum absolute atomic E-state index is 13.8. The van der Waals surface area contributed by atoms with Crippen molar-refractivity contribution in [2.75, 3.05) is 36.0 Å². The Morgan fingerprint density at radius 2 is 1.17 bits per heavy atom. The zero-order valence-electron chi connectivity index (χ0n) is 33.3. The molecule has 0 unspecified atom stereocenters. The first-order valence-electron chi connectivity index (χ1n) is 19.7. The van der Waals surface area contributed by atoms with Crippen molar-refractivity contribution >= 4 is 29.2 Å². The lowest BCUT2D eigenvalue weighted by molar-refractivity contribution is 0.103. The fourth-order valence-electron chi connectivity index (χ4n) is 7.52. The van der Waals surface area contributed by atoms with Crippen LogP contribution in [0.2, 0.25) is 0 Å². The number of nitrogens with zero attached hydrogens (tertiary/aromatic N) is 4. The molecule has 1 N–H and O–H groups in total. The van der Waals surface area contributed by atoms with E-state index in [1.165, 1.54) is 36.7 Å². The zero-order chi connectivity index (χ0) is 42.2. The first-order chi connectivity index (χ1) is 29.1. The molecule has 0 spiro atoms. The van der Waals surface area contributed by atoms with E-state index >= 15 is 0 Å². The van der Waals surface area contributed by atoms with Crippen LogP contribution in [0, 0.1) is 25.5 Å². The number of rotatable bonds is 12. The standard InChI is InChI=1S/C24H23FN2O3.C24H21FN2O3/c2*1-16-5-2-3-6-20(16)23(29)17-8-9-22(18(13-17)15-28)27-12-10-19(14-27)30-24-21(25)7-4-11-26-24/h2-9,11,13,19,28H,10,12,14-15H2,1H3;2-9,11,13,15,19H,10,12,14H2,1H3/t2*19-/m00/s1. The highest BCUT2D eigenvalue weighted by Gasteiger charge is 2.29. The number of aliphatic hydroxyl groups is 1. The van der Waals surface area contributed by atoms with Gasteiger partial charge in [0.1, 0.15) is 12.2 Å². The third-order valence-corrected chi connectivity index (χ3v) is 10.7. The minimum atomic E-state index is -0.497. The molecule has 2 aliphatic rings. The number of hydrogen-bond acceptors (Lipinski definition) is 10. The molecule has 60 heavy (non-hydrogen) atoms. The van der Waals surface area contributed by atoms with E-state index in [0.29, 0.717) is 72.4 Å². The molecule has 2 saturated heterocycles. The van der Waals surface area contributed by atoms with Gasteiger partial charge in [0.25, 0.3) is 11.8 Å². The smallest absolute Gasteiger partial charge is 0.250 e. The summed E-state index contributed by atoms with van der Waals surface area (Å²) in [6.45, 7) is 6.03. The van der Waals surface area contributed by atoms with Crippen LogP contribution >= 0.6 is 0 Å². The van der Waals surface area contributed by atoms with Gasteiger partial charge in [-0.2, -0.15) is 0 Å². The van der Waals surface area contributed by atoms with Crippen molar-refractivity contribution < 1.29 is 37.7 Å². The van der Waals surface area contributed by atoms with Gasteiger partial charge in [0, 0.05) is 83.1 Å². The zero-order valence-corrected chi connectivity index (χ0v) is 33.3. The normalized spacial score (nSPS) is 15.9. The minimum absolute atomic E-state index is 0.00547. The summed E-state index contributed by atoms with van der Waals surface area (Å²) in [6, 6.07) is 31.1. The van der Waals surface area contributed by atoms with Crippen molar-refractivity contribution in [2.24, 2.45) is 0 Å². The number of aldehydes is 1. The SMILES string of the molecule is Cc1ccccc1C(=O)c1ccc(N2CC[C@H](Oc3ncccc3F)C2)c(C=O)c1.Cc1ccccc1C(=O)c1ccc(N2CC[C@H](Oc3ncccc3F)C2)c(CO)c1. The van der Waals surface area contributed by atoms with Gasteiger partial charge in [0.2, 0.25) is 0 Å². The Labute approximate surface area is 347 Å². The summed E-state index contributed by atoms with van der Waals surface area (Å²) < 4.78 is 39.0. The van der Waals surface area contributed by atoms with Crippen LogP contribution in [0.4, 0.5) is 20.2 Å². The molecule has 4 heterocycles. The minimum Gasteiger partial charge on any atom is -0.470 e. The lowest BCUT2D eigenvalue weighted by Crippen LogP contribution is -2.26. The van der Waals surface area contributed by atoms with Crippen molar-refractivity contribution in [1.29, 1.82) is 0 Å². The molecular formula is C48H44F2N4O6. The molecule has 0 amide bonds. The second-order valence-corrected chi connectivity index (χ2v) is 14.7. The Balaban J connectivity index is 0.000000181. The summed E-state index contributed by atoms with van der Waals surface area (Å²) in [7, 11) is 0. The van der Waals surface area contributed by atoms with Crippen LogP contribution in [0.25, 0.3) is 0 Å². The summed E-state index contributed by atoms with van der Waals surface area (Å²) >= 11 is 0. The average Bonchev–Trinajstić information content (AvgIpc) is 3.95. The summed E-state index contributed by atoms with van der Waals surface area (Å²) in [4.78, 5) is 49.5. The van der Waals surface area contributed by atoms with Crippen LogP contribution in [0.3, 0.4) is 0 Å². The average molecular weight is 811 g/mol. The molecule has 6 aromatic rings. The van der Waals surface area contributed by atoms with Crippen LogP contribution in [-0.2, 0) is 6.61 Å². The number of halogens is 2. The van der Waals surface area contributed by atoms with E-state index in [2.05, 4.69) is 14.9 Å². The fourth-order valence-corrected chi connectivity index (χ4v) is 7.52. The van der Waals surface area contributed by atoms with Gasteiger partial charge in [-0.05, 0) is 85.6 Å². The highest BCUT2D eigenvalue weighted by molar-refractivity contribution is 6.11. The number of carbonyl (C=O) groups excluding carboxylic acids is 3. The third kappa shape index (κ3) is 9.40. The molecule has 2 fully saturated rings. The van der Waals surface area contributed by atoms with Gasteiger partial charge in [0.05, 0.1) is 19.7 Å². The molecule has 12 heteroatoms. The van der Waals surface area contributed by atoms with E-state index in [-0.39, 0.29) is 42.1 Å². The Morgan fingerprint density at radius 3 is 1.65 bits per heavy atom. The molecule has 4 aromatic carbocycles. The van der Waals surface area contributed by atoms with Crippen molar-refractivity contribution in [3.8, 4) is 11.8 Å². The summed E-state index contributed by atoms with van der Waals surface area (Å²) in [5.41, 5.74) is 6.80. The molecule has 2 atom stereocenters. The topological polar surface area (TPSA) is 122 Å². The van der Waals surface area contributed by atoms with Gasteiger partial charge >= 0.3 is 0 Å². The predicted octanol–water partition coefficient (Wildman–Crippen LogP) is 8.14. The molecule has 2 aromatic heterocycles. The van der Waals surface area contributed by atoms with E-state index in [4.69, 9.17) is 9.47 Å². The number of ether oxygens (including phenoxy) is 2. The number of aliphatic hydroxyl groups excluding tert-OH is 1. The highest BCUT2D eigenvalue weighted by atomic mass is 19.1. The number of hydrogen-bond donors (Lipinski definition) is 1. The molecule has 2 aliphatic heterocycles. The summed E-state index contributed by atoms with van der Waals surface area (Å²) in [5, 5.41) is 9.92. The van der Waals surface area contributed by atoms with E-state index in [1.807, 2.05) is 67.3 Å². The highest BCUT2D eigenvalue weighted by Crippen LogP contribution is 2.30. The first kappa shape index (κ1) is 41.4. The van der Waals surface area contributed by atoms with Gasteiger partial charge < -0.3 is 24.4 Å². The molecule has 306 valence electrons. The number of anilines is 2. The van der Waals surface area contributed by atoms with Crippen molar-refractivity contribution in [2.45, 2.75) is 45.5 Å². The third-order valence-electron chi connectivity index (χ3n) is 10.7. The Kier molecular flexibility index (Phi) is 13.0. The molecule has 0 radical (unpaired) electrons. The maximum atomic E-state index is 13.8. The van der Waals surface area contributed by atoms with Crippen LogP contribution in [0.1, 0.15) is 71.7 Å². The van der Waals surface area contributed by atoms with Gasteiger partial charge in [-0.1, -0.05) is 48.5 Å². The van der Waals surface area contributed by atoms with E-state index in [1.54, 1.807) is 36.4 Å². The summed E-state index contributed by atoms with van der Waals surface area (Å²) in [5.74, 6) is -1.17. The van der Waals surface area contributed by atoms with Crippen LogP contribution in [0.15, 0.2) is 122 Å². The van der Waals surface area contributed by atoms with E-state index in [0.717, 1.165) is 28.8 Å². The van der Waals surface area contributed by atoms with E-state index in [9.17, 15) is 28.3 Å². The molecular weight excluding hydrogens is 767 g/mol. The van der Waals surface area contributed by atoms with Crippen molar-refractivity contribution in [3.05, 3.63) is 178 Å². The van der Waals surface area contributed by atoms with Gasteiger partial charge in [-0.25, -0.2) is 18.7 Å². The van der Waals surface area contributed by atoms with Crippen molar-refractivity contribution in [1.82, 2.24) is 9.97 Å². The van der Waals surface area contributed by atoms with Crippen LogP contribution in [0.5, 0.6) is 11.8 Å². The maximum Gasteiger partial charge on any atom is 0.250 e. The Hall–Kier alpha value is -6.79. The predicted molar refractivity (Wildman–Crippen MR) is 224 cm³/mol. The number of carbonyl (C=O) groups is 3. The first-order valence-corrected chi connectivity index (χ1v) is 19.7. The van der Waals surface area contributed by atoms with Gasteiger partial charge in [-0.3, -0.25) is 14.4 Å². The van der Waals surface area contributed by atoms with Gasteiger partial charge in [0.15, 0.2) is 29.5 Å². The second kappa shape index (κ2) is 18.9. The van der Waals surface area contributed by atoms with Crippen LogP contribution in [-0.4, -0.2) is 71.3 Å². The number of aryl methyl sites for hydroxylation is 2. The Bertz CT molecular complexity index is 2510. The lowest BCUT2D eigenvalue weighted by Gasteiger charge is -2.22. The molecule has 8 rings (SSSR count). The fraction of sp³-hybridized carbons (Fsp3) is 0.229. The van der Waals surface area contributed by atoms with Gasteiger partial charge in [-0.15, -0.1) is 0 Å². The number of pyridine rings is 2. The second-order valence-electron chi connectivity index (χ2n) is 14.7. The largest absolute Gasteiger partial charge is 0.470 e. The monoisotopic (exact) mass is 810 g/mol. The number of aromatic nitrogens is 2. The molecule has 0 bridgehead atoms. The number of ketones is 2. The molecule has 10 nitrogen and oxygen atoms in total. The van der Waals surface area contributed by atoms with Crippen LogP contribution < -0.4 is 19.3 Å².